The molecule has 100 valence electrons. The number of benzene rings is 1. The number of amides is 1. The van der Waals surface area contributed by atoms with Gasteiger partial charge in [-0.2, -0.15) is 0 Å². The number of hydrogen-bond donors (Lipinski definition) is 2. The SMILES string of the molecule is CCCC(N)CC(=O)Nc1cccc(C(C)C)c1. The van der Waals surface area contributed by atoms with Crippen molar-refractivity contribution in [1.29, 1.82) is 0 Å². The van der Waals surface area contributed by atoms with Crippen LogP contribution in [-0.2, 0) is 4.79 Å². The topological polar surface area (TPSA) is 55.1 Å². The lowest BCUT2D eigenvalue weighted by molar-refractivity contribution is -0.116. The van der Waals surface area contributed by atoms with Gasteiger partial charge in [-0.25, -0.2) is 0 Å². The number of rotatable bonds is 6. The van der Waals surface area contributed by atoms with Gasteiger partial charge in [-0.05, 0) is 30.0 Å². The molecule has 0 heterocycles. The molecule has 0 saturated heterocycles. The highest BCUT2D eigenvalue weighted by Gasteiger charge is 2.09. The van der Waals surface area contributed by atoms with E-state index in [9.17, 15) is 4.79 Å². The Morgan fingerprint density at radius 2 is 2.11 bits per heavy atom. The van der Waals surface area contributed by atoms with E-state index in [0.717, 1.165) is 18.5 Å². The summed E-state index contributed by atoms with van der Waals surface area (Å²) >= 11 is 0. The van der Waals surface area contributed by atoms with Crippen molar-refractivity contribution in [2.24, 2.45) is 5.73 Å². The van der Waals surface area contributed by atoms with E-state index in [1.807, 2.05) is 18.2 Å². The predicted octanol–water partition coefficient (Wildman–Crippen LogP) is 3.27. The summed E-state index contributed by atoms with van der Waals surface area (Å²) in [5.41, 5.74) is 7.94. The fourth-order valence-corrected chi connectivity index (χ4v) is 1.90. The summed E-state index contributed by atoms with van der Waals surface area (Å²) in [6.45, 7) is 6.35. The Morgan fingerprint density at radius 3 is 2.72 bits per heavy atom. The van der Waals surface area contributed by atoms with E-state index >= 15 is 0 Å². The molecule has 0 saturated carbocycles. The molecule has 0 aromatic heterocycles. The standard InChI is InChI=1S/C15H24N2O/c1-4-6-13(16)10-15(18)17-14-8-5-7-12(9-14)11(2)3/h5,7-9,11,13H,4,6,10,16H2,1-3H3,(H,17,18). The minimum atomic E-state index is -0.0386. The first kappa shape index (κ1) is 14.7. The van der Waals surface area contributed by atoms with Gasteiger partial charge in [0, 0.05) is 18.2 Å². The molecule has 0 aliphatic carbocycles. The van der Waals surface area contributed by atoms with Gasteiger partial charge in [0.15, 0.2) is 0 Å². The van der Waals surface area contributed by atoms with Crippen molar-refractivity contribution in [2.45, 2.75) is 52.0 Å². The van der Waals surface area contributed by atoms with Crippen molar-refractivity contribution in [3.8, 4) is 0 Å². The van der Waals surface area contributed by atoms with Crippen LogP contribution in [0.15, 0.2) is 24.3 Å². The van der Waals surface area contributed by atoms with E-state index in [1.165, 1.54) is 5.56 Å². The zero-order valence-corrected chi connectivity index (χ0v) is 11.6. The molecule has 3 N–H and O–H groups in total. The normalized spacial score (nSPS) is 12.5. The number of anilines is 1. The Balaban J connectivity index is 2.56. The molecule has 1 rings (SSSR count). The van der Waals surface area contributed by atoms with Gasteiger partial charge in [-0.1, -0.05) is 39.3 Å². The van der Waals surface area contributed by atoms with Gasteiger partial charge in [0.2, 0.25) is 5.91 Å². The van der Waals surface area contributed by atoms with E-state index in [0.29, 0.717) is 12.3 Å². The largest absolute Gasteiger partial charge is 0.327 e. The minimum absolute atomic E-state index is 0.00291. The van der Waals surface area contributed by atoms with Crippen molar-refractivity contribution >= 4 is 11.6 Å². The Hall–Kier alpha value is -1.35. The van der Waals surface area contributed by atoms with Crippen molar-refractivity contribution in [1.82, 2.24) is 0 Å². The molecule has 1 amide bonds. The van der Waals surface area contributed by atoms with Crippen LogP contribution in [0.25, 0.3) is 0 Å². The number of nitrogens with two attached hydrogens (primary N) is 1. The molecule has 1 atom stereocenters. The van der Waals surface area contributed by atoms with Gasteiger partial charge >= 0.3 is 0 Å². The van der Waals surface area contributed by atoms with E-state index < -0.39 is 0 Å². The smallest absolute Gasteiger partial charge is 0.225 e. The van der Waals surface area contributed by atoms with Gasteiger partial charge in [-0.3, -0.25) is 4.79 Å². The highest BCUT2D eigenvalue weighted by molar-refractivity contribution is 5.91. The minimum Gasteiger partial charge on any atom is -0.327 e. The van der Waals surface area contributed by atoms with Gasteiger partial charge in [0.05, 0.1) is 0 Å². The van der Waals surface area contributed by atoms with Crippen LogP contribution in [0, 0.1) is 0 Å². The monoisotopic (exact) mass is 248 g/mol. The van der Waals surface area contributed by atoms with Crippen LogP contribution in [0.2, 0.25) is 0 Å². The predicted molar refractivity (Wildman–Crippen MR) is 76.7 cm³/mol. The molecule has 0 aliphatic rings. The molecule has 1 aromatic rings. The lowest BCUT2D eigenvalue weighted by Crippen LogP contribution is -2.26. The van der Waals surface area contributed by atoms with Gasteiger partial charge in [-0.15, -0.1) is 0 Å². The highest BCUT2D eigenvalue weighted by atomic mass is 16.1. The summed E-state index contributed by atoms with van der Waals surface area (Å²) in [6.07, 6.45) is 2.29. The third-order valence-corrected chi connectivity index (χ3v) is 2.94. The summed E-state index contributed by atoms with van der Waals surface area (Å²) in [4.78, 5) is 11.8. The zero-order chi connectivity index (χ0) is 13.5. The molecule has 0 bridgehead atoms. The first-order valence-corrected chi connectivity index (χ1v) is 6.68. The average molecular weight is 248 g/mol. The summed E-state index contributed by atoms with van der Waals surface area (Å²) < 4.78 is 0. The van der Waals surface area contributed by atoms with Crippen molar-refractivity contribution in [2.75, 3.05) is 5.32 Å². The van der Waals surface area contributed by atoms with Gasteiger partial charge in [0.25, 0.3) is 0 Å². The Morgan fingerprint density at radius 1 is 1.39 bits per heavy atom. The molecular formula is C15H24N2O. The fourth-order valence-electron chi connectivity index (χ4n) is 1.90. The summed E-state index contributed by atoms with van der Waals surface area (Å²) in [5.74, 6) is 0.459. The second kappa shape index (κ2) is 7.17. The molecule has 0 radical (unpaired) electrons. The fraction of sp³-hybridized carbons (Fsp3) is 0.533. The molecule has 1 aromatic carbocycles. The summed E-state index contributed by atoms with van der Waals surface area (Å²) in [5, 5.41) is 2.91. The van der Waals surface area contributed by atoms with E-state index in [4.69, 9.17) is 5.73 Å². The number of carbonyl (C=O) groups excluding carboxylic acids is 1. The number of nitrogens with one attached hydrogen (secondary N) is 1. The second-order valence-corrected chi connectivity index (χ2v) is 5.08. The first-order valence-electron chi connectivity index (χ1n) is 6.68. The van der Waals surface area contributed by atoms with E-state index in [-0.39, 0.29) is 11.9 Å². The maximum atomic E-state index is 11.8. The van der Waals surface area contributed by atoms with Crippen LogP contribution in [0.5, 0.6) is 0 Å². The molecule has 3 nitrogen and oxygen atoms in total. The summed E-state index contributed by atoms with van der Waals surface area (Å²) in [6, 6.07) is 7.94. The van der Waals surface area contributed by atoms with Crippen LogP contribution >= 0.6 is 0 Å². The molecule has 0 aliphatic heterocycles. The lowest BCUT2D eigenvalue weighted by Gasteiger charge is -2.12. The lowest BCUT2D eigenvalue weighted by atomic mass is 10.0. The molecule has 1 unspecified atom stereocenters. The maximum Gasteiger partial charge on any atom is 0.225 e. The second-order valence-electron chi connectivity index (χ2n) is 5.08. The zero-order valence-electron chi connectivity index (χ0n) is 11.6. The van der Waals surface area contributed by atoms with Crippen molar-refractivity contribution in [3.63, 3.8) is 0 Å². The highest BCUT2D eigenvalue weighted by Crippen LogP contribution is 2.18. The van der Waals surface area contributed by atoms with Crippen LogP contribution in [-0.4, -0.2) is 11.9 Å². The molecule has 3 heteroatoms. The van der Waals surface area contributed by atoms with Crippen molar-refractivity contribution < 1.29 is 4.79 Å². The third kappa shape index (κ3) is 4.88. The van der Waals surface area contributed by atoms with E-state index in [2.05, 4.69) is 32.2 Å². The van der Waals surface area contributed by atoms with Crippen LogP contribution < -0.4 is 11.1 Å². The summed E-state index contributed by atoms with van der Waals surface area (Å²) in [7, 11) is 0. The molecular weight excluding hydrogens is 224 g/mol. The van der Waals surface area contributed by atoms with Gasteiger partial charge < -0.3 is 11.1 Å². The first-order chi connectivity index (χ1) is 8.52. The Kier molecular flexibility index (Phi) is 5.86. The van der Waals surface area contributed by atoms with Crippen LogP contribution in [0.3, 0.4) is 0 Å². The quantitative estimate of drug-likeness (QED) is 0.811. The Labute approximate surface area is 110 Å². The number of hydrogen-bond acceptors (Lipinski definition) is 2. The molecule has 0 spiro atoms. The van der Waals surface area contributed by atoms with E-state index in [1.54, 1.807) is 0 Å². The maximum absolute atomic E-state index is 11.8. The van der Waals surface area contributed by atoms with Crippen molar-refractivity contribution in [3.05, 3.63) is 29.8 Å². The third-order valence-electron chi connectivity index (χ3n) is 2.94. The number of carbonyl (C=O) groups is 1. The molecule has 0 fully saturated rings. The van der Waals surface area contributed by atoms with Gasteiger partial charge in [0.1, 0.15) is 0 Å². The van der Waals surface area contributed by atoms with Crippen LogP contribution in [0.4, 0.5) is 5.69 Å². The molecule has 18 heavy (non-hydrogen) atoms. The Bertz CT molecular complexity index is 388. The average Bonchev–Trinajstić information content (AvgIpc) is 2.29. The van der Waals surface area contributed by atoms with Crippen LogP contribution in [0.1, 0.15) is 51.5 Å².